The zero-order chi connectivity index (χ0) is 13.0. The van der Waals surface area contributed by atoms with E-state index >= 15 is 0 Å². The summed E-state index contributed by atoms with van der Waals surface area (Å²) in [5, 5.41) is 8.47. The van der Waals surface area contributed by atoms with E-state index in [1.807, 2.05) is 0 Å². The summed E-state index contributed by atoms with van der Waals surface area (Å²) in [5.41, 5.74) is 0.220. The van der Waals surface area contributed by atoms with E-state index in [9.17, 15) is 13.6 Å². The minimum Gasteiger partial charge on any atom is -0.478 e. The summed E-state index contributed by atoms with van der Waals surface area (Å²) >= 11 is 11.5. The Balaban J connectivity index is 3.06. The summed E-state index contributed by atoms with van der Waals surface area (Å²) in [5.74, 6) is -1.37. The molecule has 17 heavy (non-hydrogen) atoms. The number of ether oxygens (including phenoxy) is 1. The van der Waals surface area contributed by atoms with Gasteiger partial charge in [-0.1, -0.05) is 23.2 Å². The molecule has 0 atom stereocenters. The fourth-order valence-electron chi connectivity index (χ4n) is 1.05. The Bertz CT molecular complexity index is 438. The van der Waals surface area contributed by atoms with E-state index in [-0.39, 0.29) is 21.4 Å². The Labute approximate surface area is 105 Å². The topological polar surface area (TPSA) is 46.5 Å². The van der Waals surface area contributed by atoms with Crippen LogP contribution in [0, 0.1) is 0 Å². The molecule has 0 aliphatic heterocycles. The first kappa shape index (κ1) is 13.7. The van der Waals surface area contributed by atoms with E-state index in [1.165, 1.54) is 6.08 Å². The molecule has 0 aromatic heterocycles. The van der Waals surface area contributed by atoms with Gasteiger partial charge in [0.2, 0.25) is 0 Å². The van der Waals surface area contributed by atoms with Crippen molar-refractivity contribution in [3.8, 4) is 5.75 Å². The summed E-state index contributed by atoms with van der Waals surface area (Å²) < 4.78 is 28.0. The molecule has 0 aliphatic rings. The lowest BCUT2D eigenvalue weighted by Crippen LogP contribution is -2.02. The van der Waals surface area contributed by atoms with Crippen LogP contribution in [0.2, 0.25) is 10.0 Å². The van der Waals surface area contributed by atoms with Crippen LogP contribution in [0.5, 0.6) is 5.75 Å². The van der Waals surface area contributed by atoms with Crippen LogP contribution in [-0.2, 0) is 4.79 Å². The minimum absolute atomic E-state index is 0.0191. The van der Waals surface area contributed by atoms with Gasteiger partial charge in [-0.15, -0.1) is 0 Å². The highest BCUT2D eigenvalue weighted by atomic mass is 35.5. The number of hydrogen-bond donors (Lipinski definition) is 1. The number of aliphatic carboxylic acids is 1. The first-order valence-electron chi connectivity index (χ1n) is 4.25. The van der Waals surface area contributed by atoms with Crippen LogP contribution in [-0.4, -0.2) is 17.7 Å². The molecule has 0 aliphatic carbocycles. The van der Waals surface area contributed by atoms with Crippen LogP contribution < -0.4 is 4.74 Å². The van der Waals surface area contributed by atoms with Gasteiger partial charge in [0, 0.05) is 11.6 Å². The molecule has 0 heterocycles. The molecular weight excluding hydrogens is 277 g/mol. The van der Waals surface area contributed by atoms with Gasteiger partial charge in [-0.05, 0) is 18.2 Å². The van der Waals surface area contributed by atoms with Crippen LogP contribution in [0.3, 0.4) is 0 Å². The second-order valence-electron chi connectivity index (χ2n) is 2.85. The van der Waals surface area contributed by atoms with Crippen LogP contribution >= 0.6 is 23.2 Å². The van der Waals surface area contributed by atoms with Crippen molar-refractivity contribution in [3.63, 3.8) is 0 Å². The molecule has 92 valence electrons. The fourth-order valence-corrected chi connectivity index (χ4v) is 1.64. The van der Waals surface area contributed by atoms with Crippen molar-refractivity contribution >= 4 is 35.2 Å². The first-order valence-corrected chi connectivity index (χ1v) is 5.00. The third-order valence-electron chi connectivity index (χ3n) is 1.67. The number of carboxylic acid groups (broad SMARTS) is 1. The van der Waals surface area contributed by atoms with Crippen molar-refractivity contribution < 1.29 is 23.4 Å². The van der Waals surface area contributed by atoms with E-state index in [0.29, 0.717) is 0 Å². The van der Waals surface area contributed by atoms with Crippen molar-refractivity contribution in [2.24, 2.45) is 0 Å². The molecule has 0 radical (unpaired) electrons. The van der Waals surface area contributed by atoms with Gasteiger partial charge in [0.25, 0.3) is 0 Å². The van der Waals surface area contributed by atoms with Gasteiger partial charge < -0.3 is 9.84 Å². The molecule has 0 fully saturated rings. The standard InChI is InChI=1S/C10H6Cl2F2O3/c11-7-3-5(17-10(13)14)4-8(12)6(7)1-2-9(15)16/h1-4,10H,(H,15,16)/b2-1+. The molecule has 0 amide bonds. The Morgan fingerprint density at radius 2 is 1.88 bits per heavy atom. The molecule has 0 spiro atoms. The molecule has 3 nitrogen and oxygen atoms in total. The zero-order valence-corrected chi connectivity index (χ0v) is 9.67. The predicted molar refractivity (Wildman–Crippen MR) is 59.8 cm³/mol. The lowest BCUT2D eigenvalue weighted by atomic mass is 10.2. The van der Waals surface area contributed by atoms with Crippen LogP contribution in [0.1, 0.15) is 5.56 Å². The summed E-state index contributed by atoms with van der Waals surface area (Å²) in [6, 6.07) is 2.25. The molecule has 0 bridgehead atoms. The maximum absolute atomic E-state index is 11.9. The predicted octanol–water partition coefficient (Wildman–Crippen LogP) is 3.69. The monoisotopic (exact) mass is 282 g/mol. The molecule has 1 rings (SSSR count). The number of benzene rings is 1. The number of alkyl halides is 2. The van der Waals surface area contributed by atoms with Crippen LogP contribution in [0.25, 0.3) is 6.08 Å². The van der Waals surface area contributed by atoms with Gasteiger partial charge >= 0.3 is 12.6 Å². The molecule has 1 aromatic carbocycles. The van der Waals surface area contributed by atoms with Gasteiger partial charge in [-0.3, -0.25) is 0 Å². The molecule has 0 unspecified atom stereocenters. The van der Waals surface area contributed by atoms with Crippen molar-refractivity contribution in [1.29, 1.82) is 0 Å². The Kier molecular flexibility index (Phi) is 4.72. The van der Waals surface area contributed by atoms with E-state index in [0.717, 1.165) is 18.2 Å². The second-order valence-corrected chi connectivity index (χ2v) is 3.67. The van der Waals surface area contributed by atoms with Gasteiger partial charge in [0.05, 0.1) is 10.0 Å². The SMILES string of the molecule is O=C(O)/C=C/c1c(Cl)cc(OC(F)F)cc1Cl. The number of hydrogen-bond acceptors (Lipinski definition) is 2. The van der Waals surface area contributed by atoms with E-state index in [4.69, 9.17) is 28.3 Å². The number of rotatable bonds is 4. The first-order chi connectivity index (χ1) is 7.90. The quantitative estimate of drug-likeness (QED) is 0.857. The normalized spacial score (nSPS) is 11.1. The largest absolute Gasteiger partial charge is 0.478 e. The lowest BCUT2D eigenvalue weighted by Gasteiger charge is -2.08. The van der Waals surface area contributed by atoms with E-state index in [2.05, 4.69) is 4.74 Å². The minimum atomic E-state index is -2.98. The van der Waals surface area contributed by atoms with Crippen molar-refractivity contribution in [2.45, 2.75) is 6.61 Å². The highest BCUT2D eigenvalue weighted by Crippen LogP contribution is 2.31. The number of carbonyl (C=O) groups is 1. The smallest absolute Gasteiger partial charge is 0.387 e. The number of carboxylic acids is 1. The summed E-state index contributed by atoms with van der Waals surface area (Å²) in [4.78, 5) is 10.3. The Morgan fingerprint density at radius 1 is 1.35 bits per heavy atom. The van der Waals surface area contributed by atoms with Gasteiger partial charge in [-0.2, -0.15) is 8.78 Å². The molecule has 7 heteroatoms. The highest BCUT2D eigenvalue weighted by molar-refractivity contribution is 6.37. The average Bonchev–Trinajstić information content (AvgIpc) is 2.14. The van der Waals surface area contributed by atoms with E-state index in [1.54, 1.807) is 0 Å². The van der Waals surface area contributed by atoms with Crippen molar-refractivity contribution in [3.05, 3.63) is 33.8 Å². The molecule has 1 aromatic rings. The maximum atomic E-state index is 11.9. The fraction of sp³-hybridized carbons (Fsp3) is 0.100. The summed E-state index contributed by atoms with van der Waals surface area (Å²) in [7, 11) is 0. The van der Waals surface area contributed by atoms with Crippen LogP contribution in [0.4, 0.5) is 8.78 Å². The van der Waals surface area contributed by atoms with Gasteiger partial charge in [-0.25, -0.2) is 4.79 Å². The Morgan fingerprint density at radius 3 is 2.29 bits per heavy atom. The molecule has 0 saturated carbocycles. The number of halogens is 4. The average molecular weight is 283 g/mol. The summed E-state index contributed by atoms with van der Waals surface area (Å²) in [6.45, 7) is -2.98. The maximum Gasteiger partial charge on any atom is 0.387 e. The third-order valence-corrected chi connectivity index (χ3v) is 2.30. The summed E-state index contributed by atoms with van der Waals surface area (Å²) in [6.07, 6.45) is 2.00. The molecule has 1 N–H and O–H groups in total. The van der Waals surface area contributed by atoms with Gasteiger partial charge in [0.15, 0.2) is 0 Å². The van der Waals surface area contributed by atoms with E-state index < -0.39 is 12.6 Å². The van der Waals surface area contributed by atoms with Crippen LogP contribution in [0.15, 0.2) is 18.2 Å². The second kappa shape index (κ2) is 5.84. The van der Waals surface area contributed by atoms with Gasteiger partial charge in [0.1, 0.15) is 5.75 Å². The van der Waals surface area contributed by atoms with Crippen molar-refractivity contribution in [2.75, 3.05) is 0 Å². The Hall–Kier alpha value is -1.33. The third kappa shape index (κ3) is 4.20. The van der Waals surface area contributed by atoms with Crippen molar-refractivity contribution in [1.82, 2.24) is 0 Å². The highest BCUT2D eigenvalue weighted by Gasteiger charge is 2.10. The molecule has 0 saturated heterocycles. The zero-order valence-electron chi connectivity index (χ0n) is 8.16. The lowest BCUT2D eigenvalue weighted by molar-refractivity contribution is -0.131. The molecular formula is C10H6Cl2F2O3.